The number of anilines is 1. The Morgan fingerprint density at radius 2 is 2.06 bits per heavy atom. The smallest absolute Gasteiger partial charge is 0.130 e. The summed E-state index contributed by atoms with van der Waals surface area (Å²) in [5.74, 6) is 0.556. The quantitative estimate of drug-likeness (QED) is 0.886. The molecule has 1 aromatic rings. The molecule has 0 unspecified atom stereocenters. The Hall–Kier alpha value is -1.09. The third-order valence-electron chi connectivity index (χ3n) is 3.90. The summed E-state index contributed by atoms with van der Waals surface area (Å²) in [5, 5.41) is 0. The van der Waals surface area contributed by atoms with Crippen molar-refractivity contribution in [2.24, 2.45) is 11.7 Å². The third-order valence-corrected chi connectivity index (χ3v) is 3.90. The number of rotatable bonds is 4. The SMILES string of the molecule is C[C@H](N)c1c(F)cccc1N(C)CC1CCCC1. The fourth-order valence-corrected chi connectivity index (χ4v) is 2.99. The van der Waals surface area contributed by atoms with E-state index in [2.05, 4.69) is 4.90 Å². The summed E-state index contributed by atoms with van der Waals surface area (Å²) in [6.45, 7) is 2.84. The minimum absolute atomic E-state index is 0.194. The van der Waals surface area contributed by atoms with Gasteiger partial charge in [0.05, 0.1) is 0 Å². The fraction of sp³-hybridized carbons (Fsp3) is 0.600. The van der Waals surface area contributed by atoms with Crippen LogP contribution in [0.15, 0.2) is 18.2 Å². The van der Waals surface area contributed by atoms with Gasteiger partial charge >= 0.3 is 0 Å². The molecule has 2 rings (SSSR count). The molecule has 0 spiro atoms. The normalized spacial score (nSPS) is 18.0. The first-order chi connectivity index (χ1) is 8.59. The van der Waals surface area contributed by atoms with E-state index in [-0.39, 0.29) is 11.9 Å². The van der Waals surface area contributed by atoms with Crippen molar-refractivity contribution in [3.63, 3.8) is 0 Å². The first-order valence-corrected chi connectivity index (χ1v) is 6.84. The van der Waals surface area contributed by atoms with Crippen LogP contribution in [0, 0.1) is 11.7 Å². The van der Waals surface area contributed by atoms with E-state index in [0.29, 0.717) is 5.56 Å². The van der Waals surface area contributed by atoms with E-state index < -0.39 is 0 Å². The van der Waals surface area contributed by atoms with Gasteiger partial charge in [0.25, 0.3) is 0 Å². The lowest BCUT2D eigenvalue weighted by atomic mass is 10.0. The molecule has 0 bridgehead atoms. The molecule has 0 radical (unpaired) electrons. The van der Waals surface area contributed by atoms with Crippen LogP contribution in [0.5, 0.6) is 0 Å². The minimum Gasteiger partial charge on any atom is -0.374 e. The number of benzene rings is 1. The maximum Gasteiger partial charge on any atom is 0.130 e. The molecule has 1 saturated carbocycles. The standard InChI is InChI=1S/C15H23FN2/c1-11(17)15-13(16)8-5-9-14(15)18(2)10-12-6-3-4-7-12/h5,8-9,11-12H,3-4,6-7,10,17H2,1-2H3/t11-/m0/s1. The van der Waals surface area contributed by atoms with Crippen molar-refractivity contribution in [1.29, 1.82) is 0 Å². The van der Waals surface area contributed by atoms with E-state index >= 15 is 0 Å². The van der Waals surface area contributed by atoms with Gasteiger partial charge < -0.3 is 10.6 Å². The second-order valence-corrected chi connectivity index (χ2v) is 5.49. The van der Waals surface area contributed by atoms with E-state index in [1.165, 1.54) is 31.7 Å². The molecule has 3 heteroatoms. The van der Waals surface area contributed by atoms with Crippen molar-refractivity contribution in [1.82, 2.24) is 0 Å². The predicted molar refractivity (Wildman–Crippen MR) is 74.2 cm³/mol. The lowest BCUT2D eigenvalue weighted by Gasteiger charge is -2.26. The van der Waals surface area contributed by atoms with Crippen LogP contribution in [-0.2, 0) is 0 Å². The van der Waals surface area contributed by atoms with Crippen molar-refractivity contribution in [3.8, 4) is 0 Å². The van der Waals surface area contributed by atoms with Crippen LogP contribution in [0.25, 0.3) is 0 Å². The molecular formula is C15H23FN2. The number of nitrogens with two attached hydrogens (primary N) is 1. The highest BCUT2D eigenvalue weighted by molar-refractivity contribution is 5.55. The molecule has 0 aromatic heterocycles. The van der Waals surface area contributed by atoms with Gasteiger partial charge in [0, 0.05) is 30.9 Å². The van der Waals surface area contributed by atoms with Crippen molar-refractivity contribution >= 4 is 5.69 Å². The summed E-state index contributed by atoms with van der Waals surface area (Å²) in [7, 11) is 2.04. The molecule has 1 fully saturated rings. The lowest BCUT2D eigenvalue weighted by Crippen LogP contribution is -2.26. The molecule has 0 amide bonds. The monoisotopic (exact) mass is 250 g/mol. The van der Waals surface area contributed by atoms with E-state index in [0.717, 1.165) is 18.2 Å². The van der Waals surface area contributed by atoms with Gasteiger partial charge in [0.15, 0.2) is 0 Å². The van der Waals surface area contributed by atoms with Crippen molar-refractivity contribution in [2.75, 3.05) is 18.5 Å². The first-order valence-electron chi connectivity index (χ1n) is 6.84. The Morgan fingerprint density at radius 1 is 1.39 bits per heavy atom. The Labute approximate surface area is 109 Å². The summed E-state index contributed by atoms with van der Waals surface area (Å²) in [6.07, 6.45) is 5.27. The Kier molecular flexibility index (Phi) is 4.23. The van der Waals surface area contributed by atoms with Gasteiger partial charge in [-0.25, -0.2) is 4.39 Å². The van der Waals surface area contributed by atoms with Crippen LogP contribution in [0.4, 0.5) is 10.1 Å². The van der Waals surface area contributed by atoms with Crippen molar-refractivity contribution in [3.05, 3.63) is 29.6 Å². The lowest BCUT2D eigenvalue weighted by molar-refractivity contribution is 0.542. The van der Waals surface area contributed by atoms with Gasteiger partial charge in [-0.1, -0.05) is 18.9 Å². The van der Waals surface area contributed by atoms with Crippen molar-refractivity contribution < 1.29 is 4.39 Å². The molecule has 100 valence electrons. The Balaban J connectivity index is 2.18. The number of hydrogen-bond acceptors (Lipinski definition) is 2. The molecule has 0 saturated heterocycles. The van der Waals surface area contributed by atoms with Crippen LogP contribution >= 0.6 is 0 Å². The molecule has 1 aliphatic rings. The molecule has 0 aliphatic heterocycles. The predicted octanol–water partition coefficient (Wildman–Crippen LogP) is 3.47. The maximum atomic E-state index is 13.9. The average molecular weight is 250 g/mol. The van der Waals surface area contributed by atoms with Gasteiger partial charge in [0.2, 0.25) is 0 Å². The molecule has 1 aliphatic carbocycles. The van der Waals surface area contributed by atoms with Gasteiger partial charge in [-0.3, -0.25) is 0 Å². The van der Waals surface area contributed by atoms with E-state index in [4.69, 9.17) is 5.73 Å². The molecular weight excluding hydrogens is 227 g/mol. The summed E-state index contributed by atoms with van der Waals surface area (Å²) >= 11 is 0. The number of hydrogen-bond donors (Lipinski definition) is 1. The topological polar surface area (TPSA) is 29.3 Å². The van der Waals surface area contributed by atoms with E-state index in [1.807, 2.05) is 20.0 Å². The second-order valence-electron chi connectivity index (χ2n) is 5.49. The van der Waals surface area contributed by atoms with E-state index in [1.54, 1.807) is 6.07 Å². The largest absolute Gasteiger partial charge is 0.374 e. The van der Waals surface area contributed by atoms with Gasteiger partial charge in [0.1, 0.15) is 5.82 Å². The summed E-state index contributed by atoms with van der Waals surface area (Å²) in [4.78, 5) is 2.16. The zero-order chi connectivity index (χ0) is 13.1. The average Bonchev–Trinajstić information content (AvgIpc) is 2.80. The Bertz CT molecular complexity index is 397. The highest BCUT2D eigenvalue weighted by Gasteiger charge is 2.20. The number of nitrogens with zero attached hydrogens (tertiary/aromatic N) is 1. The molecule has 1 aromatic carbocycles. The minimum atomic E-state index is -0.271. The van der Waals surface area contributed by atoms with Crippen molar-refractivity contribution in [2.45, 2.75) is 38.6 Å². The molecule has 1 atom stereocenters. The van der Waals surface area contributed by atoms with Crippen LogP contribution in [0.2, 0.25) is 0 Å². The summed E-state index contributed by atoms with van der Waals surface area (Å²) < 4.78 is 13.9. The fourth-order valence-electron chi connectivity index (χ4n) is 2.99. The summed E-state index contributed by atoms with van der Waals surface area (Å²) in [5.41, 5.74) is 7.47. The zero-order valence-electron chi connectivity index (χ0n) is 11.3. The van der Waals surface area contributed by atoms with E-state index in [9.17, 15) is 4.39 Å². The highest BCUT2D eigenvalue weighted by atomic mass is 19.1. The van der Waals surface area contributed by atoms with Crippen LogP contribution < -0.4 is 10.6 Å². The Morgan fingerprint density at radius 3 is 2.67 bits per heavy atom. The zero-order valence-corrected chi connectivity index (χ0v) is 11.3. The maximum absolute atomic E-state index is 13.9. The molecule has 2 N–H and O–H groups in total. The van der Waals surface area contributed by atoms with Crippen LogP contribution in [-0.4, -0.2) is 13.6 Å². The number of halogens is 1. The van der Waals surface area contributed by atoms with Crippen LogP contribution in [0.3, 0.4) is 0 Å². The molecule has 18 heavy (non-hydrogen) atoms. The molecule has 2 nitrogen and oxygen atoms in total. The van der Waals surface area contributed by atoms with Crippen LogP contribution in [0.1, 0.15) is 44.2 Å². The van der Waals surface area contributed by atoms with Gasteiger partial charge in [-0.2, -0.15) is 0 Å². The summed E-state index contributed by atoms with van der Waals surface area (Å²) in [6, 6.07) is 4.96. The first kappa shape index (κ1) is 13.3. The second kappa shape index (κ2) is 5.70. The van der Waals surface area contributed by atoms with Gasteiger partial charge in [-0.15, -0.1) is 0 Å². The molecule has 0 heterocycles. The third kappa shape index (κ3) is 2.83. The van der Waals surface area contributed by atoms with Gasteiger partial charge in [-0.05, 0) is 37.8 Å². The highest BCUT2D eigenvalue weighted by Crippen LogP contribution is 2.30.